The van der Waals surface area contributed by atoms with Gasteiger partial charge >= 0.3 is 0 Å². The largest absolute Gasteiger partial charge is 0.312 e. The van der Waals surface area contributed by atoms with E-state index in [1.165, 1.54) is 5.69 Å². The topological polar surface area (TPSA) is 16.6 Å². The molecule has 2 N–H and O–H groups in total. The van der Waals surface area contributed by atoms with Crippen LogP contribution in [-0.2, 0) is 0 Å². The number of hydrogen-bond donors (Lipinski definition) is 1. The van der Waals surface area contributed by atoms with Crippen LogP contribution in [0.5, 0.6) is 0 Å². The fourth-order valence-electron chi connectivity index (χ4n) is 0.949. The van der Waals surface area contributed by atoms with Crippen LogP contribution < -0.4 is 5.32 Å². The number of para-hydroxylation sites is 1. The van der Waals surface area contributed by atoms with E-state index in [1.807, 2.05) is 6.07 Å². The van der Waals surface area contributed by atoms with Gasteiger partial charge in [-0.15, -0.1) is 0 Å². The first kappa shape index (κ1) is 7.29. The van der Waals surface area contributed by atoms with Crippen LogP contribution in [0.15, 0.2) is 30.3 Å². The van der Waals surface area contributed by atoms with Crippen molar-refractivity contribution in [3.05, 3.63) is 30.3 Å². The second-order valence-electron chi connectivity index (χ2n) is 2.82. The van der Waals surface area contributed by atoms with Gasteiger partial charge in [0.05, 0.1) is 6.04 Å². The smallest absolute Gasteiger partial charge is 0.129 e. The van der Waals surface area contributed by atoms with E-state index in [-0.39, 0.29) is 0 Å². The zero-order chi connectivity index (χ0) is 7.40. The highest BCUT2D eigenvalue weighted by atomic mass is 14.9. The quantitative estimate of drug-likeness (QED) is 0.590. The average Bonchev–Trinajstić information content (AvgIpc) is 1.88. The Bertz CT molecular complexity index is 179. The first-order valence-electron chi connectivity index (χ1n) is 3.69. The van der Waals surface area contributed by atoms with Crippen LogP contribution in [-0.4, -0.2) is 6.04 Å². The van der Waals surface area contributed by atoms with Crippen LogP contribution in [0.1, 0.15) is 13.8 Å². The van der Waals surface area contributed by atoms with Crippen LogP contribution in [0.4, 0.5) is 5.69 Å². The first-order chi connectivity index (χ1) is 4.79. The third kappa shape index (κ3) is 2.19. The highest BCUT2D eigenvalue weighted by molar-refractivity contribution is 5.26. The molecule has 1 rings (SSSR count). The van der Waals surface area contributed by atoms with Crippen molar-refractivity contribution in [1.29, 1.82) is 0 Å². The fourth-order valence-corrected chi connectivity index (χ4v) is 0.949. The highest BCUT2D eigenvalue weighted by Crippen LogP contribution is 1.96. The Balaban J connectivity index is 2.59. The normalized spacial score (nSPS) is 10.3. The number of rotatable bonds is 2. The predicted molar refractivity (Wildman–Crippen MR) is 43.2 cm³/mol. The van der Waals surface area contributed by atoms with Crippen molar-refractivity contribution in [3.63, 3.8) is 0 Å². The molecule has 0 bridgehead atoms. The SMILES string of the molecule is CC(C)[NH2+]c1ccccc1. The van der Waals surface area contributed by atoms with Gasteiger partial charge in [-0.3, -0.25) is 0 Å². The molecule has 0 atom stereocenters. The molecule has 1 aromatic rings. The Labute approximate surface area is 62.1 Å². The van der Waals surface area contributed by atoms with Gasteiger partial charge in [0.1, 0.15) is 5.69 Å². The maximum absolute atomic E-state index is 2.25. The summed E-state index contributed by atoms with van der Waals surface area (Å²) in [5, 5.41) is 2.25. The number of quaternary nitrogens is 1. The van der Waals surface area contributed by atoms with Gasteiger partial charge < -0.3 is 5.32 Å². The maximum atomic E-state index is 2.25. The Kier molecular flexibility index (Phi) is 2.46. The van der Waals surface area contributed by atoms with E-state index in [0.717, 1.165) is 0 Å². The van der Waals surface area contributed by atoms with E-state index in [1.54, 1.807) is 0 Å². The van der Waals surface area contributed by atoms with E-state index in [4.69, 9.17) is 0 Å². The molecule has 10 heavy (non-hydrogen) atoms. The van der Waals surface area contributed by atoms with Crippen LogP contribution in [0.2, 0.25) is 0 Å². The van der Waals surface area contributed by atoms with Gasteiger partial charge in [0, 0.05) is 0 Å². The molecule has 0 aliphatic rings. The van der Waals surface area contributed by atoms with Crippen molar-refractivity contribution < 1.29 is 5.32 Å². The summed E-state index contributed by atoms with van der Waals surface area (Å²) in [6.07, 6.45) is 0. The van der Waals surface area contributed by atoms with E-state index >= 15 is 0 Å². The minimum atomic E-state index is 0.641. The molecule has 0 fully saturated rings. The molecule has 0 unspecified atom stereocenters. The Morgan fingerprint density at radius 1 is 1.10 bits per heavy atom. The minimum Gasteiger partial charge on any atom is -0.312 e. The summed E-state index contributed by atoms with van der Waals surface area (Å²) in [6.45, 7) is 4.38. The van der Waals surface area contributed by atoms with Gasteiger partial charge in [0.2, 0.25) is 0 Å². The summed E-state index contributed by atoms with van der Waals surface area (Å²) in [5.74, 6) is 0. The summed E-state index contributed by atoms with van der Waals surface area (Å²) in [5.41, 5.74) is 1.32. The molecule has 1 heteroatoms. The third-order valence-corrected chi connectivity index (χ3v) is 1.33. The van der Waals surface area contributed by atoms with Crippen molar-refractivity contribution in [2.45, 2.75) is 19.9 Å². The molecule has 1 aromatic carbocycles. The molecule has 0 heterocycles. The molecule has 0 aliphatic heterocycles. The van der Waals surface area contributed by atoms with Gasteiger partial charge in [-0.05, 0) is 26.0 Å². The lowest BCUT2D eigenvalue weighted by Crippen LogP contribution is -2.82. The van der Waals surface area contributed by atoms with Crippen molar-refractivity contribution >= 4 is 5.69 Å². The Morgan fingerprint density at radius 3 is 2.20 bits per heavy atom. The van der Waals surface area contributed by atoms with Crippen molar-refractivity contribution in [2.75, 3.05) is 0 Å². The standard InChI is InChI=1S/C9H13N/c1-8(2)10-9-6-4-3-5-7-9/h3-8,10H,1-2H3/p+1. The summed E-state index contributed by atoms with van der Waals surface area (Å²) < 4.78 is 0. The molecule has 0 amide bonds. The van der Waals surface area contributed by atoms with Gasteiger partial charge in [-0.2, -0.15) is 0 Å². The second-order valence-corrected chi connectivity index (χ2v) is 2.82. The Morgan fingerprint density at radius 2 is 1.70 bits per heavy atom. The number of nitrogens with two attached hydrogens (primary N) is 1. The monoisotopic (exact) mass is 136 g/mol. The fraction of sp³-hybridized carbons (Fsp3) is 0.333. The summed E-state index contributed by atoms with van der Waals surface area (Å²) in [6, 6.07) is 11.1. The lowest BCUT2D eigenvalue weighted by Gasteiger charge is -2.02. The minimum absolute atomic E-state index is 0.641. The molecular weight excluding hydrogens is 122 g/mol. The summed E-state index contributed by atoms with van der Waals surface area (Å²) >= 11 is 0. The van der Waals surface area contributed by atoms with E-state index in [2.05, 4.69) is 43.4 Å². The van der Waals surface area contributed by atoms with Crippen LogP contribution >= 0.6 is 0 Å². The molecule has 0 aromatic heterocycles. The maximum Gasteiger partial charge on any atom is 0.129 e. The highest BCUT2D eigenvalue weighted by Gasteiger charge is 1.96. The Hall–Kier alpha value is -0.820. The molecule has 1 nitrogen and oxygen atoms in total. The molecule has 0 aliphatic carbocycles. The summed E-state index contributed by atoms with van der Waals surface area (Å²) in [4.78, 5) is 0. The zero-order valence-electron chi connectivity index (χ0n) is 6.54. The lowest BCUT2D eigenvalue weighted by molar-refractivity contribution is -0.603. The van der Waals surface area contributed by atoms with Gasteiger partial charge in [-0.25, -0.2) is 0 Å². The van der Waals surface area contributed by atoms with Gasteiger partial charge in [0.25, 0.3) is 0 Å². The lowest BCUT2D eigenvalue weighted by atomic mass is 10.3. The number of hydrogen-bond acceptors (Lipinski definition) is 0. The average molecular weight is 136 g/mol. The number of benzene rings is 1. The molecule has 0 saturated carbocycles. The molecule has 54 valence electrons. The van der Waals surface area contributed by atoms with Crippen molar-refractivity contribution in [3.8, 4) is 0 Å². The van der Waals surface area contributed by atoms with Crippen LogP contribution in [0.25, 0.3) is 0 Å². The third-order valence-electron chi connectivity index (χ3n) is 1.33. The molecule has 0 saturated heterocycles. The molecule has 0 radical (unpaired) electrons. The first-order valence-corrected chi connectivity index (χ1v) is 3.69. The molecular formula is C9H14N+. The predicted octanol–water partition coefficient (Wildman–Crippen LogP) is 1.29. The van der Waals surface area contributed by atoms with Crippen LogP contribution in [0, 0.1) is 0 Å². The van der Waals surface area contributed by atoms with E-state index in [0.29, 0.717) is 6.04 Å². The second kappa shape index (κ2) is 3.37. The van der Waals surface area contributed by atoms with Crippen LogP contribution in [0.3, 0.4) is 0 Å². The van der Waals surface area contributed by atoms with Gasteiger partial charge in [0.15, 0.2) is 0 Å². The molecule has 0 spiro atoms. The van der Waals surface area contributed by atoms with Crippen molar-refractivity contribution in [2.24, 2.45) is 0 Å². The van der Waals surface area contributed by atoms with E-state index in [9.17, 15) is 0 Å². The van der Waals surface area contributed by atoms with Crippen molar-refractivity contribution in [1.82, 2.24) is 0 Å². The van der Waals surface area contributed by atoms with E-state index < -0.39 is 0 Å². The summed E-state index contributed by atoms with van der Waals surface area (Å²) in [7, 11) is 0. The zero-order valence-corrected chi connectivity index (χ0v) is 6.54. The van der Waals surface area contributed by atoms with Gasteiger partial charge in [-0.1, -0.05) is 18.2 Å².